The van der Waals surface area contributed by atoms with Crippen molar-refractivity contribution in [2.45, 2.75) is 77.2 Å². The number of aryl methyl sites for hydroxylation is 1. The van der Waals surface area contributed by atoms with E-state index >= 15 is 0 Å². The Kier molecular flexibility index (Phi) is 11.2. The minimum absolute atomic E-state index is 0.488. The Bertz CT molecular complexity index is 760. The van der Waals surface area contributed by atoms with Crippen molar-refractivity contribution < 1.29 is 8.78 Å². The quantitative estimate of drug-likeness (QED) is 0.431. The molecule has 2 nitrogen and oxygen atoms in total. The Balaban J connectivity index is 0.00000107. The summed E-state index contributed by atoms with van der Waals surface area (Å²) in [5.74, 6) is -0.575. The van der Waals surface area contributed by atoms with Gasteiger partial charge in [-0.3, -0.25) is 4.90 Å². The van der Waals surface area contributed by atoms with Crippen LogP contribution in [-0.4, -0.2) is 30.3 Å². The predicted octanol–water partition coefficient (Wildman–Crippen LogP) is 7.00. The van der Waals surface area contributed by atoms with Crippen LogP contribution in [-0.2, 0) is 13.0 Å². The topological polar surface area (TPSA) is 27.0 Å². The number of rotatable bonds is 9. The third-order valence-electron chi connectivity index (χ3n) is 5.83. The summed E-state index contributed by atoms with van der Waals surface area (Å²) in [6.45, 7) is 6.81. The highest BCUT2D eigenvalue weighted by molar-refractivity contribution is 5.28. The molecule has 2 aromatic carbocycles. The van der Waals surface area contributed by atoms with Crippen LogP contribution in [0.15, 0.2) is 54.6 Å². The molecule has 168 valence electrons. The molecule has 0 bridgehead atoms. The molecule has 2 atom stereocenters. The van der Waals surface area contributed by atoms with E-state index in [1.165, 1.54) is 18.1 Å². The average Bonchev–Trinajstić information content (AvgIpc) is 2.76. The van der Waals surface area contributed by atoms with Crippen molar-refractivity contribution in [3.8, 4) is 6.07 Å². The number of halogens is 2. The van der Waals surface area contributed by atoms with Gasteiger partial charge < -0.3 is 0 Å². The highest BCUT2D eigenvalue weighted by atomic mass is 19.1. The Morgan fingerprint density at radius 3 is 2.13 bits per heavy atom. The minimum Gasteiger partial charge on any atom is -0.299 e. The van der Waals surface area contributed by atoms with Crippen LogP contribution in [0.3, 0.4) is 0 Å². The van der Waals surface area contributed by atoms with Gasteiger partial charge in [0.05, 0.1) is 6.07 Å². The highest BCUT2D eigenvalue weighted by Crippen LogP contribution is 2.37. The first-order chi connectivity index (χ1) is 15.1. The number of alkyl halides is 2. The van der Waals surface area contributed by atoms with E-state index in [1.807, 2.05) is 12.1 Å². The molecule has 0 N–H and O–H groups in total. The fourth-order valence-electron chi connectivity index (χ4n) is 4.35. The van der Waals surface area contributed by atoms with Crippen molar-refractivity contribution >= 4 is 0 Å². The molecule has 0 amide bonds. The summed E-state index contributed by atoms with van der Waals surface area (Å²) in [7, 11) is 0. The molecular formula is C27H36F2N2. The van der Waals surface area contributed by atoms with Crippen LogP contribution in [0.2, 0.25) is 0 Å². The van der Waals surface area contributed by atoms with E-state index in [1.54, 1.807) is 6.07 Å². The lowest BCUT2D eigenvalue weighted by Crippen LogP contribution is -2.28. The molecule has 0 radical (unpaired) electrons. The predicted molar refractivity (Wildman–Crippen MR) is 124 cm³/mol. The van der Waals surface area contributed by atoms with Gasteiger partial charge in [-0.25, -0.2) is 8.78 Å². The van der Waals surface area contributed by atoms with Crippen LogP contribution in [0.4, 0.5) is 8.78 Å². The summed E-state index contributed by atoms with van der Waals surface area (Å²) in [4.78, 5) is 2.51. The van der Waals surface area contributed by atoms with E-state index in [9.17, 15) is 8.78 Å². The van der Waals surface area contributed by atoms with Gasteiger partial charge in [-0.15, -0.1) is 0 Å². The molecule has 31 heavy (non-hydrogen) atoms. The Labute approximate surface area is 186 Å². The number of nitrogens with zero attached hydrogens (tertiary/aromatic N) is 2. The monoisotopic (exact) mass is 426 g/mol. The zero-order valence-electron chi connectivity index (χ0n) is 18.9. The Morgan fingerprint density at radius 1 is 0.935 bits per heavy atom. The van der Waals surface area contributed by atoms with Gasteiger partial charge in [-0.1, -0.05) is 61.5 Å². The maximum absolute atomic E-state index is 14.2. The molecule has 0 spiro atoms. The summed E-state index contributed by atoms with van der Waals surface area (Å²) >= 11 is 0. The second kappa shape index (κ2) is 13.9. The first kappa shape index (κ1) is 25.0. The second-order valence-corrected chi connectivity index (χ2v) is 8.32. The van der Waals surface area contributed by atoms with Crippen LogP contribution in [0.1, 0.15) is 68.6 Å². The van der Waals surface area contributed by atoms with E-state index in [0.717, 1.165) is 44.5 Å². The summed E-state index contributed by atoms with van der Waals surface area (Å²) in [6.07, 6.45) is 2.78. The van der Waals surface area contributed by atoms with Crippen LogP contribution in [0.25, 0.3) is 0 Å². The molecule has 2 unspecified atom stereocenters. The van der Waals surface area contributed by atoms with Gasteiger partial charge in [0.15, 0.2) is 0 Å². The molecular weight excluding hydrogens is 390 g/mol. The van der Waals surface area contributed by atoms with E-state index < -0.39 is 18.3 Å². The lowest BCUT2D eigenvalue weighted by molar-refractivity contribution is 0.124. The van der Waals surface area contributed by atoms with Crippen molar-refractivity contribution in [2.75, 3.05) is 13.1 Å². The highest BCUT2D eigenvalue weighted by Gasteiger charge is 2.34. The van der Waals surface area contributed by atoms with E-state index in [-0.39, 0.29) is 0 Å². The average molecular weight is 427 g/mol. The number of hydrogen-bond acceptors (Lipinski definition) is 2. The molecule has 1 aliphatic rings. The molecule has 0 saturated heterocycles. The Morgan fingerprint density at radius 2 is 1.55 bits per heavy atom. The first-order valence-corrected chi connectivity index (χ1v) is 11.5. The van der Waals surface area contributed by atoms with Gasteiger partial charge >= 0.3 is 0 Å². The maximum Gasteiger partial charge on any atom is 0.110 e. The van der Waals surface area contributed by atoms with Crippen molar-refractivity contribution in [3.63, 3.8) is 0 Å². The van der Waals surface area contributed by atoms with Crippen molar-refractivity contribution in [1.82, 2.24) is 4.90 Å². The summed E-state index contributed by atoms with van der Waals surface area (Å²) in [6, 6.07) is 20.4. The molecule has 1 saturated carbocycles. The lowest BCUT2D eigenvalue weighted by Gasteiger charge is -2.29. The van der Waals surface area contributed by atoms with Crippen molar-refractivity contribution in [1.29, 1.82) is 5.26 Å². The standard InChI is InChI=1S/C25H33F2N.C2H3N/c1-2-17-28(19-21-8-4-3-5-9-21)18-7-10-20-13-15-22(16-14-20)25-23(26)11-6-12-24(25)27;1-2-3/h3-5,8-9,13-16,23-25H,2,6-7,10-12,17-19H2,1H3;1H3. The van der Waals surface area contributed by atoms with Crippen LogP contribution in [0.5, 0.6) is 0 Å². The van der Waals surface area contributed by atoms with Crippen LogP contribution >= 0.6 is 0 Å². The molecule has 1 aliphatic carbocycles. The largest absolute Gasteiger partial charge is 0.299 e. The number of hydrogen-bond donors (Lipinski definition) is 0. The molecule has 0 aliphatic heterocycles. The van der Waals surface area contributed by atoms with Crippen LogP contribution in [0, 0.1) is 11.3 Å². The summed E-state index contributed by atoms with van der Waals surface area (Å²) in [5, 5.41) is 7.32. The normalized spacial score (nSPS) is 20.6. The SMILES string of the molecule is CC#N.CCCN(CCCc1ccc(C2C(F)CCCC2F)cc1)Cc1ccccc1. The molecule has 3 rings (SSSR count). The van der Waals surface area contributed by atoms with Gasteiger partial charge in [-0.2, -0.15) is 5.26 Å². The van der Waals surface area contributed by atoms with Gasteiger partial charge in [0, 0.05) is 19.4 Å². The molecule has 1 fully saturated rings. The van der Waals surface area contributed by atoms with Crippen molar-refractivity contribution in [2.24, 2.45) is 0 Å². The zero-order valence-corrected chi connectivity index (χ0v) is 18.9. The molecule has 0 heterocycles. The summed E-state index contributed by atoms with van der Waals surface area (Å²) in [5.41, 5.74) is 3.43. The van der Waals surface area contributed by atoms with Crippen LogP contribution < -0.4 is 0 Å². The van der Waals surface area contributed by atoms with Crippen molar-refractivity contribution in [3.05, 3.63) is 71.3 Å². The molecule has 4 heteroatoms. The second-order valence-electron chi connectivity index (χ2n) is 8.32. The zero-order chi connectivity index (χ0) is 22.5. The van der Waals surface area contributed by atoms with E-state index in [0.29, 0.717) is 19.3 Å². The fraction of sp³-hybridized carbons (Fsp3) is 0.519. The molecule has 2 aromatic rings. The van der Waals surface area contributed by atoms with E-state index in [2.05, 4.69) is 54.3 Å². The minimum atomic E-state index is -1.05. The smallest absolute Gasteiger partial charge is 0.110 e. The third-order valence-corrected chi connectivity index (χ3v) is 5.83. The third kappa shape index (κ3) is 8.42. The van der Waals surface area contributed by atoms with Gasteiger partial charge in [0.1, 0.15) is 12.3 Å². The Hall–Kier alpha value is -2.25. The van der Waals surface area contributed by atoms with E-state index in [4.69, 9.17) is 5.26 Å². The maximum atomic E-state index is 14.2. The van der Waals surface area contributed by atoms with Gasteiger partial charge in [0.25, 0.3) is 0 Å². The van der Waals surface area contributed by atoms with Gasteiger partial charge in [0.2, 0.25) is 0 Å². The fourth-order valence-corrected chi connectivity index (χ4v) is 4.35. The number of benzene rings is 2. The summed E-state index contributed by atoms with van der Waals surface area (Å²) < 4.78 is 28.4. The molecule has 0 aromatic heterocycles. The first-order valence-electron chi connectivity index (χ1n) is 11.5. The lowest BCUT2D eigenvalue weighted by atomic mass is 9.81. The number of nitriles is 1. The van der Waals surface area contributed by atoms with Gasteiger partial charge in [-0.05, 0) is 68.3 Å².